The van der Waals surface area contributed by atoms with Crippen LogP contribution in [0.4, 0.5) is 4.39 Å². The number of carbonyl (C=O) groups is 1. The summed E-state index contributed by atoms with van der Waals surface area (Å²) in [4.78, 5) is 18.3. The molecule has 0 aliphatic rings. The number of methoxy groups -OCH3 is 3. The van der Waals surface area contributed by atoms with Crippen LogP contribution in [0.5, 0.6) is 17.2 Å². The second-order valence-electron chi connectivity index (χ2n) is 8.46. The summed E-state index contributed by atoms with van der Waals surface area (Å²) < 4.78 is 29.4. The number of nitrogens with zero attached hydrogens (tertiary/aromatic N) is 2. The van der Waals surface area contributed by atoms with Crippen molar-refractivity contribution in [3.63, 3.8) is 0 Å². The number of pyridine rings is 1. The lowest BCUT2D eigenvalue weighted by Gasteiger charge is -2.12. The molecule has 2 heterocycles. The number of amides is 1. The molecule has 5 aromatic rings. The lowest BCUT2D eigenvalue weighted by atomic mass is 10.0. The summed E-state index contributed by atoms with van der Waals surface area (Å²) in [5.41, 5.74) is 4.29. The highest BCUT2D eigenvalue weighted by Crippen LogP contribution is 2.35. The average Bonchev–Trinajstić information content (AvgIpc) is 3.40. The van der Waals surface area contributed by atoms with E-state index in [0.717, 1.165) is 16.7 Å². The zero-order chi connectivity index (χ0) is 26.6. The van der Waals surface area contributed by atoms with Gasteiger partial charge in [-0.2, -0.15) is 5.10 Å². The normalized spacial score (nSPS) is 10.8. The van der Waals surface area contributed by atoms with Crippen molar-refractivity contribution in [1.82, 2.24) is 20.5 Å². The first-order valence-corrected chi connectivity index (χ1v) is 11.8. The SMILES string of the molecule is COc1ccc(-c2[nH]nc3nc(-c4ccc(OC)c(OC)c4)cc(C(=O)NCc4ccc(F)cc4)c23)cc1. The van der Waals surface area contributed by atoms with Gasteiger partial charge in [0.15, 0.2) is 17.1 Å². The van der Waals surface area contributed by atoms with Crippen LogP contribution in [0.1, 0.15) is 15.9 Å². The molecule has 192 valence electrons. The third-order valence-corrected chi connectivity index (χ3v) is 6.19. The molecular formula is C29H25FN4O4. The molecule has 0 bridgehead atoms. The molecule has 2 N–H and O–H groups in total. The van der Waals surface area contributed by atoms with Crippen LogP contribution in [-0.2, 0) is 6.54 Å². The smallest absolute Gasteiger partial charge is 0.252 e. The van der Waals surface area contributed by atoms with Gasteiger partial charge < -0.3 is 19.5 Å². The van der Waals surface area contributed by atoms with Gasteiger partial charge in [-0.25, -0.2) is 9.37 Å². The van der Waals surface area contributed by atoms with Gasteiger partial charge in [-0.3, -0.25) is 9.89 Å². The van der Waals surface area contributed by atoms with Crippen LogP contribution < -0.4 is 19.5 Å². The lowest BCUT2D eigenvalue weighted by Crippen LogP contribution is -2.23. The number of benzene rings is 3. The quantitative estimate of drug-likeness (QED) is 0.289. The molecule has 5 rings (SSSR count). The van der Waals surface area contributed by atoms with Crippen LogP contribution in [-0.4, -0.2) is 42.4 Å². The van der Waals surface area contributed by atoms with E-state index in [9.17, 15) is 9.18 Å². The van der Waals surface area contributed by atoms with Gasteiger partial charge in [-0.1, -0.05) is 12.1 Å². The maximum absolute atomic E-state index is 13.6. The van der Waals surface area contributed by atoms with Crippen LogP contribution >= 0.6 is 0 Å². The fraction of sp³-hybridized carbons (Fsp3) is 0.138. The van der Waals surface area contributed by atoms with Crippen molar-refractivity contribution in [1.29, 1.82) is 0 Å². The summed E-state index contributed by atoms with van der Waals surface area (Å²) in [6.07, 6.45) is 0. The number of carbonyl (C=O) groups excluding carboxylic acids is 1. The first kappa shape index (κ1) is 24.8. The molecular weight excluding hydrogens is 487 g/mol. The largest absolute Gasteiger partial charge is 0.497 e. The van der Waals surface area contributed by atoms with Crippen molar-refractivity contribution in [2.45, 2.75) is 6.54 Å². The van der Waals surface area contributed by atoms with Crippen LogP contribution in [0.25, 0.3) is 33.5 Å². The van der Waals surface area contributed by atoms with E-state index in [-0.39, 0.29) is 18.3 Å². The minimum atomic E-state index is -0.335. The summed E-state index contributed by atoms with van der Waals surface area (Å²) in [5, 5.41) is 11.0. The predicted molar refractivity (Wildman–Crippen MR) is 142 cm³/mol. The molecule has 0 atom stereocenters. The molecule has 8 nitrogen and oxygen atoms in total. The van der Waals surface area contributed by atoms with E-state index in [1.165, 1.54) is 12.1 Å². The second-order valence-corrected chi connectivity index (χ2v) is 8.46. The van der Waals surface area contributed by atoms with E-state index in [0.29, 0.717) is 45.2 Å². The van der Waals surface area contributed by atoms with E-state index >= 15 is 0 Å². The van der Waals surface area contributed by atoms with Gasteiger partial charge in [-0.15, -0.1) is 0 Å². The van der Waals surface area contributed by atoms with Crippen LogP contribution in [0.2, 0.25) is 0 Å². The van der Waals surface area contributed by atoms with Gasteiger partial charge in [-0.05, 0) is 66.2 Å². The Balaban J connectivity index is 1.61. The fourth-order valence-electron chi connectivity index (χ4n) is 4.19. The van der Waals surface area contributed by atoms with Crippen LogP contribution in [0, 0.1) is 5.82 Å². The highest BCUT2D eigenvalue weighted by Gasteiger charge is 2.21. The van der Waals surface area contributed by atoms with E-state index < -0.39 is 0 Å². The van der Waals surface area contributed by atoms with Crippen molar-refractivity contribution >= 4 is 16.9 Å². The highest BCUT2D eigenvalue weighted by molar-refractivity contribution is 6.11. The summed E-state index contributed by atoms with van der Waals surface area (Å²) >= 11 is 0. The zero-order valence-corrected chi connectivity index (χ0v) is 21.0. The second kappa shape index (κ2) is 10.6. The third-order valence-electron chi connectivity index (χ3n) is 6.19. The molecule has 2 aromatic heterocycles. The Bertz CT molecular complexity index is 1600. The Hall–Kier alpha value is -4.92. The zero-order valence-electron chi connectivity index (χ0n) is 21.0. The molecule has 0 radical (unpaired) electrons. The molecule has 0 aliphatic heterocycles. The molecule has 3 aromatic carbocycles. The van der Waals surface area contributed by atoms with E-state index in [1.54, 1.807) is 51.7 Å². The number of aromatic nitrogens is 3. The summed E-state index contributed by atoms with van der Waals surface area (Å²) in [7, 11) is 4.72. The van der Waals surface area contributed by atoms with Crippen molar-refractivity contribution < 1.29 is 23.4 Å². The predicted octanol–water partition coefficient (Wildman–Crippen LogP) is 5.39. The number of nitrogens with one attached hydrogen (secondary N) is 2. The van der Waals surface area contributed by atoms with Crippen molar-refractivity contribution in [2.24, 2.45) is 0 Å². The molecule has 0 unspecified atom stereocenters. The molecule has 0 saturated heterocycles. The Kier molecular flexibility index (Phi) is 6.90. The minimum Gasteiger partial charge on any atom is -0.497 e. The van der Waals surface area contributed by atoms with Crippen molar-refractivity contribution in [3.05, 3.63) is 89.7 Å². The monoisotopic (exact) mass is 512 g/mol. The lowest BCUT2D eigenvalue weighted by molar-refractivity contribution is 0.0952. The van der Waals surface area contributed by atoms with Crippen LogP contribution in [0.3, 0.4) is 0 Å². The number of hydrogen-bond acceptors (Lipinski definition) is 6. The van der Waals surface area contributed by atoms with Gasteiger partial charge in [0, 0.05) is 17.7 Å². The maximum atomic E-state index is 13.6. The number of H-pyrrole nitrogens is 1. The number of rotatable bonds is 8. The van der Waals surface area contributed by atoms with Gasteiger partial charge in [0.2, 0.25) is 0 Å². The maximum Gasteiger partial charge on any atom is 0.252 e. The first-order chi connectivity index (χ1) is 18.5. The third kappa shape index (κ3) is 4.86. The molecule has 0 spiro atoms. The van der Waals surface area contributed by atoms with Gasteiger partial charge in [0.25, 0.3) is 5.91 Å². The van der Waals surface area contributed by atoms with Gasteiger partial charge in [0.1, 0.15) is 11.6 Å². The Morgan fingerprint density at radius 3 is 2.26 bits per heavy atom. The topological polar surface area (TPSA) is 98.4 Å². The minimum absolute atomic E-state index is 0.227. The molecule has 0 fully saturated rings. The Labute approximate surface area is 218 Å². The first-order valence-electron chi connectivity index (χ1n) is 11.8. The molecule has 0 aliphatic carbocycles. The fourth-order valence-corrected chi connectivity index (χ4v) is 4.19. The Morgan fingerprint density at radius 1 is 0.868 bits per heavy atom. The average molecular weight is 513 g/mol. The van der Waals surface area contributed by atoms with Crippen molar-refractivity contribution in [2.75, 3.05) is 21.3 Å². The molecule has 38 heavy (non-hydrogen) atoms. The standard InChI is InChI=1S/C29H25FN4O4/c1-36-21-11-6-18(7-12-21)27-26-22(29(35)31-16-17-4-9-20(30)10-5-17)15-23(32-28(26)34-33-27)19-8-13-24(37-2)25(14-19)38-3/h4-15H,16H2,1-3H3,(H,31,35)(H,32,33,34). The molecule has 0 saturated carbocycles. The van der Waals surface area contributed by atoms with Gasteiger partial charge >= 0.3 is 0 Å². The van der Waals surface area contributed by atoms with Crippen molar-refractivity contribution in [3.8, 4) is 39.8 Å². The summed E-state index contributed by atoms with van der Waals surface area (Å²) in [5.74, 6) is 1.17. The van der Waals surface area contributed by atoms with Crippen LogP contribution in [0.15, 0.2) is 72.8 Å². The summed E-state index contributed by atoms with van der Waals surface area (Å²) in [6, 6.07) is 20.6. The number of fused-ring (bicyclic) bond motifs is 1. The van der Waals surface area contributed by atoms with Gasteiger partial charge in [0.05, 0.1) is 43.7 Å². The number of halogens is 1. The van der Waals surface area contributed by atoms with E-state index in [1.807, 2.05) is 30.3 Å². The number of hydrogen-bond donors (Lipinski definition) is 2. The number of aromatic amines is 1. The van der Waals surface area contributed by atoms with E-state index in [2.05, 4.69) is 15.5 Å². The number of ether oxygens (including phenoxy) is 3. The highest BCUT2D eigenvalue weighted by atomic mass is 19.1. The molecule has 9 heteroatoms. The molecule has 1 amide bonds. The Morgan fingerprint density at radius 2 is 1.58 bits per heavy atom. The van der Waals surface area contributed by atoms with E-state index in [4.69, 9.17) is 19.2 Å². The summed E-state index contributed by atoms with van der Waals surface area (Å²) in [6.45, 7) is 0.227.